The van der Waals surface area contributed by atoms with Gasteiger partial charge in [-0.05, 0) is 30.6 Å². The van der Waals surface area contributed by atoms with E-state index in [1.54, 1.807) is 6.92 Å². The molecule has 0 amide bonds. The van der Waals surface area contributed by atoms with E-state index in [-0.39, 0.29) is 12.0 Å². The third kappa shape index (κ3) is 5.52. The fourth-order valence-electron chi connectivity index (χ4n) is 1.82. The van der Waals surface area contributed by atoms with Crippen LogP contribution in [-0.2, 0) is 14.3 Å². The van der Waals surface area contributed by atoms with E-state index in [1.807, 2.05) is 13.8 Å². The van der Waals surface area contributed by atoms with Crippen molar-refractivity contribution < 1.29 is 19.4 Å². The van der Waals surface area contributed by atoms with Crippen LogP contribution in [0.1, 0.15) is 54.4 Å². The van der Waals surface area contributed by atoms with Crippen LogP contribution < -0.4 is 0 Å². The van der Waals surface area contributed by atoms with Crippen molar-refractivity contribution in [1.82, 2.24) is 0 Å². The molecule has 0 aliphatic heterocycles. The SMILES string of the molecule is CCOC(=O)C(C(=O)O)C(C)(C)CCC(C)(C)C. The van der Waals surface area contributed by atoms with Gasteiger partial charge in [0.05, 0.1) is 6.61 Å². The average molecular weight is 258 g/mol. The van der Waals surface area contributed by atoms with Crippen LogP contribution in [0.5, 0.6) is 0 Å². The first-order valence-corrected chi connectivity index (χ1v) is 6.40. The van der Waals surface area contributed by atoms with Gasteiger partial charge in [0.1, 0.15) is 0 Å². The molecule has 0 aliphatic rings. The Kier molecular flexibility index (Phi) is 5.84. The van der Waals surface area contributed by atoms with Gasteiger partial charge in [-0.2, -0.15) is 0 Å². The first-order valence-electron chi connectivity index (χ1n) is 6.40. The maximum atomic E-state index is 11.8. The van der Waals surface area contributed by atoms with E-state index in [1.165, 1.54) is 0 Å². The Hall–Kier alpha value is -1.06. The van der Waals surface area contributed by atoms with Gasteiger partial charge in [0.2, 0.25) is 0 Å². The van der Waals surface area contributed by atoms with E-state index >= 15 is 0 Å². The number of rotatable bonds is 6. The minimum atomic E-state index is -1.10. The third-order valence-corrected chi connectivity index (χ3v) is 3.07. The maximum absolute atomic E-state index is 11.8. The molecule has 0 spiro atoms. The highest BCUT2D eigenvalue weighted by molar-refractivity contribution is 5.94. The van der Waals surface area contributed by atoms with Crippen LogP contribution in [0.15, 0.2) is 0 Å². The Morgan fingerprint density at radius 1 is 1.11 bits per heavy atom. The highest BCUT2D eigenvalue weighted by Gasteiger charge is 2.42. The Bertz CT molecular complexity index is 299. The third-order valence-electron chi connectivity index (χ3n) is 3.07. The van der Waals surface area contributed by atoms with Crippen LogP contribution in [0.3, 0.4) is 0 Å². The number of aliphatic carboxylic acids is 1. The summed E-state index contributed by atoms with van der Waals surface area (Å²) in [7, 11) is 0. The minimum Gasteiger partial charge on any atom is -0.481 e. The largest absolute Gasteiger partial charge is 0.481 e. The summed E-state index contributed by atoms with van der Waals surface area (Å²) >= 11 is 0. The summed E-state index contributed by atoms with van der Waals surface area (Å²) in [6.45, 7) is 11.8. The lowest BCUT2D eigenvalue weighted by molar-refractivity contribution is -0.164. The molecule has 0 aliphatic carbocycles. The second-order valence-corrected chi connectivity index (χ2v) is 6.57. The molecule has 18 heavy (non-hydrogen) atoms. The summed E-state index contributed by atoms with van der Waals surface area (Å²) in [5.74, 6) is -2.84. The Morgan fingerprint density at radius 2 is 1.61 bits per heavy atom. The molecule has 0 saturated heterocycles. The van der Waals surface area contributed by atoms with E-state index in [0.29, 0.717) is 6.42 Å². The van der Waals surface area contributed by atoms with Crippen molar-refractivity contribution in [3.05, 3.63) is 0 Å². The van der Waals surface area contributed by atoms with Crippen LogP contribution in [0.2, 0.25) is 0 Å². The van der Waals surface area contributed by atoms with E-state index in [0.717, 1.165) is 6.42 Å². The molecule has 1 N–H and O–H groups in total. The Labute approximate surface area is 110 Å². The molecule has 0 heterocycles. The fraction of sp³-hybridized carbons (Fsp3) is 0.857. The van der Waals surface area contributed by atoms with Crippen LogP contribution in [-0.4, -0.2) is 23.7 Å². The van der Waals surface area contributed by atoms with Gasteiger partial charge in [-0.15, -0.1) is 0 Å². The van der Waals surface area contributed by atoms with Crippen molar-refractivity contribution in [2.45, 2.75) is 54.4 Å². The number of hydrogen-bond acceptors (Lipinski definition) is 3. The molecule has 1 unspecified atom stereocenters. The zero-order chi connectivity index (χ0) is 14.6. The lowest BCUT2D eigenvalue weighted by atomic mass is 9.72. The van der Waals surface area contributed by atoms with Crippen molar-refractivity contribution in [1.29, 1.82) is 0 Å². The van der Waals surface area contributed by atoms with Gasteiger partial charge >= 0.3 is 11.9 Å². The van der Waals surface area contributed by atoms with Crippen LogP contribution in [0.25, 0.3) is 0 Å². The van der Waals surface area contributed by atoms with Gasteiger partial charge < -0.3 is 9.84 Å². The first kappa shape index (κ1) is 16.9. The second kappa shape index (κ2) is 6.21. The molecule has 4 nitrogen and oxygen atoms in total. The quantitative estimate of drug-likeness (QED) is 0.587. The van der Waals surface area contributed by atoms with Crippen LogP contribution in [0, 0.1) is 16.7 Å². The highest BCUT2D eigenvalue weighted by Crippen LogP contribution is 2.37. The predicted octanol–water partition coefficient (Wildman–Crippen LogP) is 3.10. The second-order valence-electron chi connectivity index (χ2n) is 6.57. The Balaban J connectivity index is 4.87. The summed E-state index contributed by atoms with van der Waals surface area (Å²) in [6.07, 6.45) is 1.54. The van der Waals surface area contributed by atoms with Crippen molar-refractivity contribution in [3.8, 4) is 0 Å². The lowest BCUT2D eigenvalue weighted by Gasteiger charge is -2.32. The monoisotopic (exact) mass is 258 g/mol. The molecule has 0 aromatic rings. The molecule has 0 saturated carbocycles. The number of carbonyl (C=O) groups is 2. The summed E-state index contributed by atoms with van der Waals surface area (Å²) < 4.78 is 4.86. The van der Waals surface area contributed by atoms with E-state index in [9.17, 15) is 14.7 Å². The summed E-state index contributed by atoms with van der Waals surface area (Å²) in [5, 5.41) is 9.23. The van der Waals surface area contributed by atoms with E-state index < -0.39 is 23.3 Å². The standard InChI is InChI=1S/C14H26O4/c1-7-18-12(17)10(11(15)16)14(5,6)9-8-13(2,3)4/h10H,7-9H2,1-6H3,(H,15,16). The molecular weight excluding hydrogens is 232 g/mol. The molecule has 1 atom stereocenters. The van der Waals surface area contributed by atoms with E-state index in [2.05, 4.69) is 20.8 Å². The fourth-order valence-corrected chi connectivity index (χ4v) is 1.82. The minimum absolute atomic E-state index is 0.120. The van der Waals surface area contributed by atoms with Crippen molar-refractivity contribution in [2.24, 2.45) is 16.7 Å². The van der Waals surface area contributed by atoms with Gasteiger partial charge in [-0.3, -0.25) is 9.59 Å². The van der Waals surface area contributed by atoms with Gasteiger partial charge in [0.25, 0.3) is 0 Å². The number of carboxylic acid groups (broad SMARTS) is 1. The van der Waals surface area contributed by atoms with Gasteiger partial charge in [0.15, 0.2) is 5.92 Å². The zero-order valence-corrected chi connectivity index (χ0v) is 12.4. The lowest BCUT2D eigenvalue weighted by Crippen LogP contribution is -2.39. The molecule has 106 valence electrons. The number of ether oxygens (including phenoxy) is 1. The molecule has 4 heteroatoms. The van der Waals surface area contributed by atoms with Gasteiger partial charge in [-0.1, -0.05) is 34.6 Å². The maximum Gasteiger partial charge on any atom is 0.320 e. The smallest absolute Gasteiger partial charge is 0.320 e. The predicted molar refractivity (Wildman–Crippen MR) is 70.2 cm³/mol. The molecule has 0 aromatic carbocycles. The zero-order valence-electron chi connectivity index (χ0n) is 12.4. The number of carboxylic acids is 1. The first-order chi connectivity index (χ1) is 8.01. The average Bonchev–Trinajstić information content (AvgIpc) is 2.13. The molecule has 0 rings (SSSR count). The molecule has 0 fully saturated rings. The number of esters is 1. The normalized spacial score (nSPS) is 14.1. The molecule has 0 radical (unpaired) electrons. The highest BCUT2D eigenvalue weighted by atomic mass is 16.5. The van der Waals surface area contributed by atoms with Crippen molar-refractivity contribution in [3.63, 3.8) is 0 Å². The van der Waals surface area contributed by atoms with Gasteiger partial charge in [-0.25, -0.2) is 0 Å². The van der Waals surface area contributed by atoms with Gasteiger partial charge in [0, 0.05) is 0 Å². The summed E-state index contributed by atoms with van der Waals surface area (Å²) in [5.41, 5.74) is -0.486. The summed E-state index contributed by atoms with van der Waals surface area (Å²) in [6, 6.07) is 0. The summed E-state index contributed by atoms with van der Waals surface area (Å²) in [4.78, 5) is 23.0. The number of hydrogen-bond donors (Lipinski definition) is 1. The van der Waals surface area contributed by atoms with Crippen molar-refractivity contribution >= 4 is 11.9 Å². The van der Waals surface area contributed by atoms with Crippen LogP contribution in [0.4, 0.5) is 0 Å². The molecule has 0 bridgehead atoms. The van der Waals surface area contributed by atoms with E-state index in [4.69, 9.17) is 4.74 Å². The number of carbonyl (C=O) groups excluding carboxylic acids is 1. The van der Waals surface area contributed by atoms with Crippen molar-refractivity contribution in [2.75, 3.05) is 6.61 Å². The van der Waals surface area contributed by atoms with Crippen LogP contribution >= 0.6 is 0 Å². The Morgan fingerprint density at radius 3 is 1.94 bits per heavy atom. The molecular formula is C14H26O4. The topological polar surface area (TPSA) is 63.6 Å². The molecule has 0 aromatic heterocycles.